The molecule has 1 saturated carbocycles. The van der Waals surface area contributed by atoms with Gasteiger partial charge in [-0.1, -0.05) is 0 Å². The minimum atomic E-state index is -3.70. The number of nitro benzene ring substituents is 1. The van der Waals surface area contributed by atoms with Crippen LogP contribution in [0.25, 0.3) is 0 Å². The molecular formula is C12H17N3O4S2. The molecule has 0 saturated heterocycles. The first-order chi connectivity index (χ1) is 9.83. The molecule has 116 valence electrons. The van der Waals surface area contributed by atoms with Crippen molar-refractivity contribution in [1.29, 1.82) is 0 Å². The van der Waals surface area contributed by atoms with E-state index in [1.165, 1.54) is 25.2 Å². The van der Waals surface area contributed by atoms with Gasteiger partial charge in [-0.2, -0.15) is 11.8 Å². The number of anilines is 1. The van der Waals surface area contributed by atoms with Crippen LogP contribution in [-0.4, -0.2) is 37.9 Å². The molecule has 7 nitrogen and oxygen atoms in total. The quantitative estimate of drug-likeness (QED) is 0.584. The number of rotatable bonds is 7. The molecule has 0 amide bonds. The second-order valence-electron chi connectivity index (χ2n) is 4.90. The van der Waals surface area contributed by atoms with Crippen molar-refractivity contribution in [2.24, 2.45) is 0 Å². The van der Waals surface area contributed by atoms with Crippen molar-refractivity contribution in [3.63, 3.8) is 0 Å². The number of nitro groups is 1. The Balaban J connectivity index is 2.25. The summed E-state index contributed by atoms with van der Waals surface area (Å²) in [6.07, 6.45) is 3.96. The highest BCUT2D eigenvalue weighted by Gasteiger charge is 2.42. The molecular weight excluding hydrogens is 314 g/mol. The molecule has 1 aliphatic rings. The van der Waals surface area contributed by atoms with E-state index in [0.717, 1.165) is 12.8 Å². The van der Waals surface area contributed by atoms with E-state index in [2.05, 4.69) is 10.0 Å². The molecule has 2 rings (SSSR count). The maximum absolute atomic E-state index is 12.4. The molecule has 1 fully saturated rings. The molecule has 0 heterocycles. The van der Waals surface area contributed by atoms with E-state index in [1.54, 1.807) is 11.8 Å². The van der Waals surface area contributed by atoms with Crippen LogP contribution in [0.1, 0.15) is 12.8 Å². The van der Waals surface area contributed by atoms with E-state index in [4.69, 9.17) is 0 Å². The third kappa shape index (κ3) is 3.47. The smallest absolute Gasteiger partial charge is 0.271 e. The largest absolute Gasteiger partial charge is 0.387 e. The van der Waals surface area contributed by atoms with Gasteiger partial charge in [0.15, 0.2) is 0 Å². The Labute approximate surface area is 127 Å². The third-order valence-electron chi connectivity index (χ3n) is 3.56. The number of hydrogen-bond acceptors (Lipinski definition) is 6. The van der Waals surface area contributed by atoms with Crippen LogP contribution in [0.15, 0.2) is 23.1 Å². The zero-order valence-electron chi connectivity index (χ0n) is 11.8. The number of benzene rings is 1. The normalized spacial score (nSPS) is 16.5. The van der Waals surface area contributed by atoms with Gasteiger partial charge in [0.2, 0.25) is 10.0 Å². The van der Waals surface area contributed by atoms with Gasteiger partial charge in [-0.15, -0.1) is 0 Å². The lowest BCUT2D eigenvalue weighted by Crippen LogP contribution is -2.32. The lowest BCUT2D eigenvalue weighted by Gasteiger charge is -2.15. The second kappa shape index (κ2) is 5.82. The van der Waals surface area contributed by atoms with Gasteiger partial charge in [0.1, 0.15) is 4.90 Å². The molecule has 1 aliphatic carbocycles. The fourth-order valence-corrected chi connectivity index (χ4v) is 4.10. The molecule has 1 aromatic carbocycles. The summed E-state index contributed by atoms with van der Waals surface area (Å²) in [6.45, 7) is 0.372. The Kier molecular flexibility index (Phi) is 4.45. The predicted molar refractivity (Wildman–Crippen MR) is 83.3 cm³/mol. The van der Waals surface area contributed by atoms with Gasteiger partial charge in [-0.25, -0.2) is 13.1 Å². The van der Waals surface area contributed by atoms with Crippen LogP contribution in [0.3, 0.4) is 0 Å². The molecule has 9 heteroatoms. The van der Waals surface area contributed by atoms with E-state index in [0.29, 0.717) is 6.54 Å². The molecule has 0 bridgehead atoms. The summed E-state index contributed by atoms with van der Waals surface area (Å²) in [5.74, 6) is 0. The van der Waals surface area contributed by atoms with Crippen LogP contribution in [0.4, 0.5) is 11.4 Å². The molecule has 0 aromatic heterocycles. The third-order valence-corrected chi connectivity index (χ3v) is 6.44. The first-order valence-electron chi connectivity index (χ1n) is 6.34. The van der Waals surface area contributed by atoms with Gasteiger partial charge in [-0.3, -0.25) is 10.1 Å². The van der Waals surface area contributed by atoms with Crippen molar-refractivity contribution < 1.29 is 13.3 Å². The molecule has 0 aliphatic heterocycles. The molecule has 2 N–H and O–H groups in total. The minimum Gasteiger partial charge on any atom is -0.387 e. The topological polar surface area (TPSA) is 101 Å². The van der Waals surface area contributed by atoms with Gasteiger partial charge in [0.25, 0.3) is 5.69 Å². The van der Waals surface area contributed by atoms with E-state index >= 15 is 0 Å². The summed E-state index contributed by atoms with van der Waals surface area (Å²) in [4.78, 5) is 10.2. The van der Waals surface area contributed by atoms with Crippen LogP contribution in [0, 0.1) is 10.1 Å². The number of sulfonamides is 1. The Morgan fingerprint density at radius 1 is 1.43 bits per heavy atom. The zero-order chi connectivity index (χ0) is 15.7. The summed E-state index contributed by atoms with van der Waals surface area (Å²) < 4.78 is 27.3. The summed E-state index contributed by atoms with van der Waals surface area (Å²) in [5.41, 5.74) is 0.0618. The zero-order valence-corrected chi connectivity index (χ0v) is 13.4. The van der Waals surface area contributed by atoms with Gasteiger partial charge >= 0.3 is 0 Å². The number of hydrogen-bond donors (Lipinski definition) is 2. The maximum Gasteiger partial charge on any atom is 0.271 e. The highest BCUT2D eigenvalue weighted by Crippen LogP contribution is 2.46. The fraction of sp³-hybridized carbons (Fsp3) is 0.500. The molecule has 0 spiro atoms. The van der Waals surface area contributed by atoms with Crippen molar-refractivity contribution in [1.82, 2.24) is 4.72 Å². The average molecular weight is 331 g/mol. The SMILES string of the molecule is CNc1cc([N+](=O)[O-])ccc1S(=O)(=O)NCC1(SC)CC1. The van der Waals surface area contributed by atoms with Crippen molar-refractivity contribution in [3.8, 4) is 0 Å². The maximum atomic E-state index is 12.4. The molecule has 0 unspecified atom stereocenters. The first-order valence-corrected chi connectivity index (χ1v) is 9.05. The Morgan fingerprint density at radius 2 is 2.10 bits per heavy atom. The standard InChI is InChI=1S/C12H17N3O4S2/c1-13-10-7-9(15(16)17)3-4-11(10)21(18,19)14-8-12(20-2)5-6-12/h3-4,7,13-14H,5-6,8H2,1-2H3. The van der Waals surface area contributed by atoms with E-state index in [1.807, 2.05) is 6.26 Å². The van der Waals surface area contributed by atoms with E-state index in [-0.39, 0.29) is 21.0 Å². The predicted octanol–water partition coefficient (Wildman–Crippen LogP) is 1.81. The summed E-state index contributed by atoms with van der Waals surface area (Å²) >= 11 is 1.66. The number of nitrogens with zero attached hydrogens (tertiary/aromatic N) is 1. The van der Waals surface area contributed by atoms with Gasteiger partial charge in [-0.05, 0) is 25.2 Å². The van der Waals surface area contributed by atoms with Crippen molar-refractivity contribution in [2.45, 2.75) is 22.5 Å². The molecule has 0 atom stereocenters. The minimum absolute atomic E-state index is 0.00759. The van der Waals surface area contributed by atoms with Crippen LogP contribution in [-0.2, 0) is 10.0 Å². The first kappa shape index (κ1) is 16.1. The number of non-ortho nitro benzene ring substituents is 1. The number of thioether (sulfide) groups is 1. The molecule has 0 radical (unpaired) electrons. The van der Waals surface area contributed by atoms with E-state index < -0.39 is 14.9 Å². The lowest BCUT2D eigenvalue weighted by atomic mass is 10.3. The molecule has 1 aromatic rings. The second-order valence-corrected chi connectivity index (χ2v) is 7.91. The lowest BCUT2D eigenvalue weighted by molar-refractivity contribution is -0.384. The van der Waals surface area contributed by atoms with Crippen LogP contribution in [0.2, 0.25) is 0 Å². The van der Waals surface area contributed by atoms with Crippen LogP contribution < -0.4 is 10.0 Å². The summed E-state index contributed by atoms with van der Waals surface area (Å²) in [5, 5.41) is 13.4. The average Bonchev–Trinajstić information content (AvgIpc) is 3.25. The van der Waals surface area contributed by atoms with Crippen molar-refractivity contribution >= 4 is 33.2 Å². The monoisotopic (exact) mass is 331 g/mol. The fourth-order valence-electron chi connectivity index (χ4n) is 1.96. The number of nitrogens with one attached hydrogen (secondary N) is 2. The highest BCUT2D eigenvalue weighted by atomic mass is 32.2. The summed E-state index contributed by atoms with van der Waals surface area (Å²) in [6, 6.07) is 3.66. The Hall–Kier alpha value is -1.32. The van der Waals surface area contributed by atoms with Crippen molar-refractivity contribution in [2.75, 3.05) is 25.2 Å². The Bertz CT molecular complexity index is 656. The van der Waals surface area contributed by atoms with Crippen LogP contribution >= 0.6 is 11.8 Å². The van der Waals surface area contributed by atoms with Gasteiger partial charge in [0, 0.05) is 30.5 Å². The molecule has 21 heavy (non-hydrogen) atoms. The van der Waals surface area contributed by atoms with Crippen LogP contribution in [0.5, 0.6) is 0 Å². The summed E-state index contributed by atoms with van der Waals surface area (Å²) in [7, 11) is -2.17. The van der Waals surface area contributed by atoms with Crippen molar-refractivity contribution in [3.05, 3.63) is 28.3 Å². The van der Waals surface area contributed by atoms with E-state index in [9.17, 15) is 18.5 Å². The highest BCUT2D eigenvalue weighted by molar-refractivity contribution is 8.00. The van der Waals surface area contributed by atoms with Gasteiger partial charge < -0.3 is 5.32 Å². The van der Waals surface area contributed by atoms with Gasteiger partial charge in [0.05, 0.1) is 10.6 Å². The Morgan fingerprint density at radius 3 is 2.57 bits per heavy atom.